The average molecular weight is 267 g/mol. The summed E-state index contributed by atoms with van der Waals surface area (Å²) in [4.78, 5) is 16.7. The van der Waals surface area contributed by atoms with E-state index in [-0.39, 0.29) is 17.2 Å². The van der Waals surface area contributed by atoms with Crippen molar-refractivity contribution in [2.75, 3.05) is 6.61 Å². The van der Waals surface area contributed by atoms with Gasteiger partial charge >= 0.3 is 5.69 Å². The molecule has 1 aromatic heterocycles. The van der Waals surface area contributed by atoms with Crippen molar-refractivity contribution in [3.05, 3.63) is 34.2 Å². The molecule has 96 valence electrons. The summed E-state index contributed by atoms with van der Waals surface area (Å²) in [6.07, 6.45) is 1.17. The first-order valence-electron chi connectivity index (χ1n) is 6.13. The molecule has 2 aromatic rings. The van der Waals surface area contributed by atoms with Gasteiger partial charge in [0.15, 0.2) is 0 Å². The van der Waals surface area contributed by atoms with E-state index < -0.39 is 0 Å². The molecule has 18 heavy (non-hydrogen) atoms. The van der Waals surface area contributed by atoms with Gasteiger partial charge in [0.1, 0.15) is 0 Å². The maximum atomic E-state index is 11.2. The van der Waals surface area contributed by atoms with Gasteiger partial charge in [-0.25, -0.2) is 4.79 Å². The Bertz CT molecular complexity index is 619. The van der Waals surface area contributed by atoms with E-state index in [4.69, 9.17) is 16.3 Å². The minimum atomic E-state index is -0.189. The Hall–Kier alpha value is -1.26. The Morgan fingerprint density at radius 2 is 2.17 bits per heavy atom. The zero-order valence-corrected chi connectivity index (χ0v) is 10.8. The minimum Gasteiger partial charge on any atom is -0.378 e. The third kappa shape index (κ3) is 1.95. The maximum absolute atomic E-state index is 11.2. The smallest absolute Gasteiger partial charge is 0.323 e. The molecular weight excluding hydrogens is 252 g/mol. The lowest BCUT2D eigenvalue weighted by Crippen LogP contribution is -2.16. The number of hydrogen-bond acceptors (Lipinski definition) is 2. The number of aromatic nitrogens is 2. The molecule has 0 bridgehead atoms. The molecule has 1 aliphatic rings. The topological polar surface area (TPSA) is 57.9 Å². The quantitative estimate of drug-likeness (QED) is 0.821. The normalized spacial score (nSPS) is 25.7. The first-order valence-corrected chi connectivity index (χ1v) is 6.56. The van der Waals surface area contributed by atoms with E-state index in [9.17, 15) is 4.79 Å². The second kappa shape index (κ2) is 4.44. The minimum absolute atomic E-state index is 0.0784. The number of aromatic amines is 2. The molecular formula is C13H15ClN2O2. The highest BCUT2D eigenvalue weighted by atomic mass is 35.5. The summed E-state index contributed by atoms with van der Waals surface area (Å²) >= 11 is 6.53. The molecule has 0 spiro atoms. The lowest BCUT2D eigenvalue weighted by Gasteiger charge is -2.20. The van der Waals surface area contributed by atoms with Crippen LogP contribution >= 0.6 is 11.6 Å². The first-order chi connectivity index (χ1) is 8.65. The van der Waals surface area contributed by atoms with E-state index >= 15 is 0 Å². The zero-order valence-electron chi connectivity index (χ0n) is 10.1. The van der Waals surface area contributed by atoms with E-state index in [1.54, 1.807) is 0 Å². The molecule has 1 aromatic carbocycles. The second-order valence-electron chi connectivity index (χ2n) is 4.81. The highest BCUT2D eigenvalue weighted by Gasteiger charge is 2.31. The van der Waals surface area contributed by atoms with Crippen molar-refractivity contribution in [2.24, 2.45) is 5.92 Å². The molecule has 4 nitrogen and oxygen atoms in total. The third-order valence-corrected chi connectivity index (χ3v) is 4.24. The number of hydrogen-bond donors (Lipinski definition) is 2. The molecule has 3 unspecified atom stereocenters. The molecule has 0 saturated carbocycles. The van der Waals surface area contributed by atoms with Crippen LogP contribution in [0.4, 0.5) is 0 Å². The third-order valence-electron chi connectivity index (χ3n) is 3.67. The number of imidazole rings is 1. The molecule has 5 heteroatoms. The van der Waals surface area contributed by atoms with Gasteiger partial charge in [-0.1, -0.05) is 6.07 Å². The fraction of sp³-hybridized carbons (Fsp3) is 0.462. The van der Waals surface area contributed by atoms with Crippen molar-refractivity contribution >= 4 is 22.6 Å². The van der Waals surface area contributed by atoms with Crippen LogP contribution in [0.5, 0.6) is 0 Å². The summed E-state index contributed by atoms with van der Waals surface area (Å²) in [6.45, 7) is 2.84. The van der Waals surface area contributed by atoms with Crippen LogP contribution in [-0.2, 0) is 4.74 Å². The molecule has 1 aliphatic heterocycles. The first kappa shape index (κ1) is 11.8. The average Bonchev–Trinajstić information content (AvgIpc) is 2.91. The Morgan fingerprint density at radius 1 is 1.39 bits per heavy atom. The molecule has 1 saturated heterocycles. The Kier molecular flexibility index (Phi) is 2.92. The van der Waals surface area contributed by atoms with Gasteiger partial charge in [0, 0.05) is 12.5 Å². The SMILES string of the molecule is CC1OCCC1C(Cl)c1ccc2[nH]c(=O)[nH]c2c1. The van der Waals surface area contributed by atoms with Crippen molar-refractivity contribution < 1.29 is 4.74 Å². The molecule has 0 radical (unpaired) electrons. The van der Waals surface area contributed by atoms with Crippen LogP contribution in [0.2, 0.25) is 0 Å². The largest absolute Gasteiger partial charge is 0.378 e. The highest BCUT2D eigenvalue weighted by molar-refractivity contribution is 6.21. The number of alkyl halides is 1. The van der Waals surface area contributed by atoms with Gasteiger partial charge in [-0.3, -0.25) is 0 Å². The van der Waals surface area contributed by atoms with Gasteiger partial charge < -0.3 is 14.7 Å². The lowest BCUT2D eigenvalue weighted by molar-refractivity contribution is 0.105. The van der Waals surface area contributed by atoms with Gasteiger partial charge in [-0.15, -0.1) is 11.6 Å². The number of ether oxygens (including phenoxy) is 1. The number of fused-ring (bicyclic) bond motifs is 1. The molecule has 2 N–H and O–H groups in total. The maximum Gasteiger partial charge on any atom is 0.323 e. The highest BCUT2D eigenvalue weighted by Crippen LogP contribution is 2.38. The summed E-state index contributed by atoms with van der Waals surface area (Å²) in [6, 6.07) is 5.79. The summed E-state index contributed by atoms with van der Waals surface area (Å²) in [5.74, 6) is 0.329. The van der Waals surface area contributed by atoms with Gasteiger partial charge in [0.2, 0.25) is 0 Å². The van der Waals surface area contributed by atoms with Crippen molar-refractivity contribution in [1.29, 1.82) is 0 Å². The molecule has 0 aliphatic carbocycles. The fourth-order valence-electron chi connectivity index (χ4n) is 2.60. The van der Waals surface area contributed by atoms with Crippen molar-refractivity contribution in [3.8, 4) is 0 Å². The standard InChI is InChI=1S/C13H15ClN2O2/c1-7-9(4-5-18-7)12(14)8-2-3-10-11(6-8)16-13(17)15-10/h2-3,6-7,9,12H,4-5H2,1H3,(H2,15,16,17). The number of rotatable bonds is 2. The van der Waals surface area contributed by atoms with Crippen LogP contribution in [-0.4, -0.2) is 22.7 Å². The van der Waals surface area contributed by atoms with Gasteiger partial charge in [-0.2, -0.15) is 0 Å². The van der Waals surface area contributed by atoms with Gasteiger partial charge in [0.05, 0.1) is 22.5 Å². The van der Waals surface area contributed by atoms with Crippen LogP contribution in [0.3, 0.4) is 0 Å². The van der Waals surface area contributed by atoms with Crippen molar-refractivity contribution in [2.45, 2.75) is 24.8 Å². The Morgan fingerprint density at radius 3 is 2.89 bits per heavy atom. The predicted octanol–water partition coefficient (Wildman–Crippen LogP) is 2.56. The van der Waals surface area contributed by atoms with Crippen molar-refractivity contribution in [3.63, 3.8) is 0 Å². The number of halogens is 1. The van der Waals surface area contributed by atoms with Crippen LogP contribution < -0.4 is 5.69 Å². The van der Waals surface area contributed by atoms with Gasteiger partial charge in [0.25, 0.3) is 0 Å². The molecule has 1 fully saturated rings. The summed E-state index contributed by atoms with van der Waals surface area (Å²) in [7, 11) is 0. The van der Waals surface area contributed by atoms with Crippen LogP contribution in [0.1, 0.15) is 24.3 Å². The number of H-pyrrole nitrogens is 2. The number of benzene rings is 1. The van der Waals surface area contributed by atoms with E-state index in [1.807, 2.05) is 18.2 Å². The molecule has 3 rings (SSSR count). The molecule has 3 atom stereocenters. The Balaban J connectivity index is 1.95. The monoisotopic (exact) mass is 266 g/mol. The van der Waals surface area contributed by atoms with E-state index in [1.165, 1.54) is 0 Å². The lowest BCUT2D eigenvalue weighted by atomic mass is 9.93. The van der Waals surface area contributed by atoms with Crippen molar-refractivity contribution in [1.82, 2.24) is 9.97 Å². The molecule has 2 heterocycles. The van der Waals surface area contributed by atoms with Crippen LogP contribution in [0.25, 0.3) is 11.0 Å². The summed E-state index contributed by atoms with van der Waals surface area (Å²) < 4.78 is 5.55. The summed E-state index contributed by atoms with van der Waals surface area (Å²) in [5, 5.41) is -0.0784. The second-order valence-corrected chi connectivity index (χ2v) is 5.28. The number of nitrogens with one attached hydrogen (secondary N) is 2. The van der Waals surface area contributed by atoms with Crippen LogP contribution in [0.15, 0.2) is 23.0 Å². The van der Waals surface area contributed by atoms with Crippen LogP contribution in [0, 0.1) is 5.92 Å². The van der Waals surface area contributed by atoms with E-state index in [2.05, 4.69) is 16.9 Å². The predicted molar refractivity (Wildman–Crippen MR) is 71.0 cm³/mol. The summed E-state index contributed by atoms with van der Waals surface area (Å²) in [5.41, 5.74) is 2.45. The fourth-order valence-corrected chi connectivity index (χ4v) is 3.07. The van der Waals surface area contributed by atoms with Gasteiger partial charge in [-0.05, 0) is 31.0 Å². The van der Waals surface area contributed by atoms with E-state index in [0.717, 1.165) is 29.6 Å². The van der Waals surface area contributed by atoms with E-state index in [0.29, 0.717) is 5.92 Å². The zero-order chi connectivity index (χ0) is 12.7. The Labute approximate surface area is 109 Å². The molecule has 0 amide bonds.